The molecule has 4 nitrogen and oxygen atoms in total. The van der Waals surface area contributed by atoms with E-state index in [1.54, 1.807) is 12.1 Å². The molecule has 1 amide bonds. The molecule has 1 aromatic rings. The van der Waals surface area contributed by atoms with Crippen LogP contribution >= 0.6 is 38.5 Å². The Balaban J connectivity index is 2.53. The van der Waals surface area contributed by atoms with Crippen LogP contribution in [0, 0.1) is 3.57 Å². The van der Waals surface area contributed by atoms with Crippen molar-refractivity contribution in [3.63, 3.8) is 0 Å². The monoisotopic (exact) mass is 411 g/mol. The average molecular weight is 412 g/mol. The van der Waals surface area contributed by atoms with Crippen LogP contribution in [0.4, 0.5) is 0 Å². The van der Waals surface area contributed by atoms with E-state index in [9.17, 15) is 9.59 Å². The van der Waals surface area contributed by atoms with Crippen molar-refractivity contribution in [3.05, 3.63) is 33.4 Å². The number of carbonyl (C=O) groups is 2. The van der Waals surface area contributed by atoms with Gasteiger partial charge in [0, 0.05) is 15.7 Å². The summed E-state index contributed by atoms with van der Waals surface area (Å²) in [4.78, 5) is 22.3. The molecule has 0 aliphatic rings. The van der Waals surface area contributed by atoms with E-state index in [1.807, 2.05) is 12.1 Å². The Morgan fingerprint density at radius 2 is 2.24 bits per heavy atom. The zero-order valence-corrected chi connectivity index (χ0v) is 12.8. The van der Waals surface area contributed by atoms with Crippen molar-refractivity contribution in [2.45, 2.75) is 4.83 Å². The van der Waals surface area contributed by atoms with Gasteiger partial charge >= 0.3 is 5.97 Å². The topological polar surface area (TPSA) is 55.4 Å². The zero-order chi connectivity index (χ0) is 12.8. The van der Waals surface area contributed by atoms with Gasteiger partial charge in [-0.25, -0.2) is 0 Å². The molecular formula is C11H11BrINO3. The Morgan fingerprint density at radius 1 is 1.53 bits per heavy atom. The molecule has 6 heteroatoms. The van der Waals surface area contributed by atoms with E-state index in [2.05, 4.69) is 48.6 Å². The van der Waals surface area contributed by atoms with Crippen molar-refractivity contribution < 1.29 is 14.3 Å². The number of esters is 1. The smallest absolute Gasteiger partial charge is 0.321 e. The number of nitrogens with one attached hydrogen (secondary N) is 1. The fourth-order valence-corrected chi connectivity index (χ4v) is 2.02. The number of amides is 1. The summed E-state index contributed by atoms with van der Waals surface area (Å²) in [5, 5.41) is 2.65. The van der Waals surface area contributed by atoms with Crippen LogP contribution in [-0.4, -0.2) is 30.4 Å². The summed E-state index contributed by atoms with van der Waals surface area (Å²) in [5.41, 5.74) is 0.571. The van der Waals surface area contributed by atoms with E-state index >= 15 is 0 Å². The Hall–Kier alpha value is -0.630. The van der Waals surface area contributed by atoms with Crippen molar-refractivity contribution in [1.29, 1.82) is 0 Å². The summed E-state index contributed by atoms with van der Waals surface area (Å²) in [7, 11) is 1.30. The van der Waals surface area contributed by atoms with Crippen LogP contribution in [0.25, 0.3) is 0 Å². The standard InChI is InChI=1S/C11H11BrINO3/c1-17-11(16)9(12)6-14-10(15)7-3-2-4-8(13)5-7/h2-5,9H,6H2,1H3,(H,14,15). The predicted molar refractivity (Wildman–Crippen MR) is 76.2 cm³/mol. The van der Waals surface area contributed by atoms with Crippen LogP contribution in [0.2, 0.25) is 0 Å². The highest BCUT2D eigenvalue weighted by molar-refractivity contribution is 14.1. The predicted octanol–water partition coefficient (Wildman–Crippen LogP) is 1.96. The first-order valence-corrected chi connectivity index (χ1v) is 6.79. The van der Waals surface area contributed by atoms with E-state index in [0.29, 0.717) is 5.56 Å². The van der Waals surface area contributed by atoms with Crippen LogP contribution in [0.15, 0.2) is 24.3 Å². The van der Waals surface area contributed by atoms with Crippen LogP contribution in [-0.2, 0) is 9.53 Å². The summed E-state index contributed by atoms with van der Waals surface area (Å²) < 4.78 is 5.52. The zero-order valence-electron chi connectivity index (χ0n) is 9.07. The molecule has 17 heavy (non-hydrogen) atoms. The Bertz CT molecular complexity index is 425. The lowest BCUT2D eigenvalue weighted by atomic mass is 10.2. The molecule has 0 spiro atoms. The molecule has 1 atom stereocenters. The number of benzene rings is 1. The number of hydrogen-bond acceptors (Lipinski definition) is 3. The minimum absolute atomic E-state index is 0.191. The van der Waals surface area contributed by atoms with Gasteiger partial charge < -0.3 is 10.1 Å². The molecule has 0 aromatic heterocycles. The van der Waals surface area contributed by atoms with Gasteiger partial charge in [0.25, 0.3) is 5.91 Å². The van der Waals surface area contributed by atoms with E-state index in [0.717, 1.165) is 3.57 Å². The number of carbonyl (C=O) groups excluding carboxylic acids is 2. The van der Waals surface area contributed by atoms with Crippen LogP contribution < -0.4 is 5.32 Å². The minimum Gasteiger partial charge on any atom is -0.468 e. The molecule has 1 rings (SSSR count). The summed E-state index contributed by atoms with van der Waals surface area (Å²) in [6.45, 7) is 0.191. The third kappa shape index (κ3) is 4.63. The molecule has 0 radical (unpaired) electrons. The summed E-state index contributed by atoms with van der Waals surface area (Å²) in [6, 6.07) is 7.21. The second-order valence-electron chi connectivity index (χ2n) is 3.21. The number of hydrogen-bond donors (Lipinski definition) is 1. The van der Waals surface area contributed by atoms with E-state index < -0.39 is 10.8 Å². The van der Waals surface area contributed by atoms with Gasteiger partial charge in [-0.2, -0.15) is 0 Å². The number of alkyl halides is 1. The van der Waals surface area contributed by atoms with Crippen LogP contribution in [0.1, 0.15) is 10.4 Å². The molecule has 0 saturated heterocycles. The van der Waals surface area contributed by atoms with Gasteiger partial charge in [-0.15, -0.1) is 0 Å². The van der Waals surface area contributed by atoms with Crippen molar-refractivity contribution in [1.82, 2.24) is 5.32 Å². The van der Waals surface area contributed by atoms with E-state index in [4.69, 9.17) is 0 Å². The fourth-order valence-electron chi connectivity index (χ4n) is 1.13. The highest BCUT2D eigenvalue weighted by Crippen LogP contribution is 2.08. The first kappa shape index (κ1) is 14.4. The van der Waals surface area contributed by atoms with Gasteiger partial charge in [0.2, 0.25) is 0 Å². The Morgan fingerprint density at radius 3 is 2.82 bits per heavy atom. The largest absolute Gasteiger partial charge is 0.468 e. The molecule has 0 saturated carbocycles. The second kappa shape index (κ2) is 6.95. The fraction of sp³-hybridized carbons (Fsp3) is 0.273. The van der Waals surface area contributed by atoms with Gasteiger partial charge in [-0.05, 0) is 40.8 Å². The third-order valence-electron chi connectivity index (χ3n) is 1.99. The van der Waals surface area contributed by atoms with Crippen molar-refractivity contribution in [2.75, 3.05) is 13.7 Å². The Labute approximate surface area is 121 Å². The SMILES string of the molecule is COC(=O)C(Br)CNC(=O)c1cccc(I)c1. The second-order valence-corrected chi connectivity index (χ2v) is 5.56. The van der Waals surface area contributed by atoms with Gasteiger partial charge in [-0.3, -0.25) is 9.59 Å². The summed E-state index contributed by atoms with van der Waals surface area (Å²) in [6.07, 6.45) is 0. The summed E-state index contributed by atoms with van der Waals surface area (Å²) >= 11 is 5.26. The van der Waals surface area contributed by atoms with Gasteiger partial charge in [0.05, 0.1) is 7.11 Å². The van der Waals surface area contributed by atoms with Crippen LogP contribution in [0.3, 0.4) is 0 Å². The first-order chi connectivity index (χ1) is 8.04. The normalized spacial score (nSPS) is 11.7. The average Bonchev–Trinajstić information content (AvgIpc) is 2.34. The minimum atomic E-state index is -0.528. The number of methoxy groups -OCH3 is 1. The van der Waals surface area contributed by atoms with Crippen molar-refractivity contribution >= 4 is 50.4 Å². The number of halogens is 2. The molecule has 1 unspecified atom stereocenters. The molecule has 92 valence electrons. The third-order valence-corrected chi connectivity index (χ3v) is 3.35. The highest BCUT2D eigenvalue weighted by Gasteiger charge is 2.16. The lowest BCUT2D eigenvalue weighted by molar-refractivity contribution is -0.139. The summed E-state index contributed by atoms with van der Waals surface area (Å²) in [5.74, 6) is -0.621. The van der Waals surface area contributed by atoms with Crippen molar-refractivity contribution in [2.24, 2.45) is 0 Å². The Kier molecular flexibility index (Phi) is 5.90. The maximum absolute atomic E-state index is 11.7. The lowest BCUT2D eigenvalue weighted by Gasteiger charge is -2.09. The molecule has 0 aliphatic carbocycles. The molecule has 0 bridgehead atoms. The molecule has 0 heterocycles. The van der Waals surface area contributed by atoms with Gasteiger partial charge in [-0.1, -0.05) is 22.0 Å². The van der Waals surface area contributed by atoms with Crippen molar-refractivity contribution in [3.8, 4) is 0 Å². The van der Waals surface area contributed by atoms with E-state index in [1.165, 1.54) is 7.11 Å². The quantitative estimate of drug-likeness (QED) is 0.468. The molecule has 0 fully saturated rings. The maximum atomic E-state index is 11.7. The first-order valence-electron chi connectivity index (χ1n) is 4.80. The molecular weight excluding hydrogens is 401 g/mol. The maximum Gasteiger partial charge on any atom is 0.321 e. The number of ether oxygens (including phenoxy) is 1. The van der Waals surface area contributed by atoms with Gasteiger partial charge in [0.15, 0.2) is 0 Å². The molecule has 0 aliphatic heterocycles. The lowest BCUT2D eigenvalue weighted by Crippen LogP contribution is -2.33. The van der Waals surface area contributed by atoms with E-state index in [-0.39, 0.29) is 12.5 Å². The molecule has 1 aromatic carbocycles. The highest BCUT2D eigenvalue weighted by atomic mass is 127. The van der Waals surface area contributed by atoms with Crippen LogP contribution in [0.5, 0.6) is 0 Å². The van der Waals surface area contributed by atoms with Gasteiger partial charge in [0.1, 0.15) is 4.83 Å². The number of rotatable bonds is 4. The molecule has 1 N–H and O–H groups in total.